The third-order valence-corrected chi connectivity index (χ3v) is 6.00. The Balaban J connectivity index is 1.38. The van der Waals surface area contributed by atoms with E-state index in [1.807, 2.05) is 13.8 Å². The number of hydrogen-bond donors (Lipinski definition) is 0. The average molecular weight is 418 g/mol. The Bertz CT molecular complexity index is 900. The molecule has 0 unspecified atom stereocenters. The Morgan fingerprint density at radius 2 is 2.03 bits per heavy atom. The number of aryl methyl sites for hydroxylation is 2. The fourth-order valence-corrected chi connectivity index (χ4v) is 4.36. The molecule has 2 amide bonds. The third kappa shape index (κ3) is 4.22. The maximum atomic E-state index is 14.1. The molecule has 2 saturated heterocycles. The zero-order valence-corrected chi connectivity index (χ0v) is 17.4. The van der Waals surface area contributed by atoms with Gasteiger partial charge < -0.3 is 14.3 Å². The maximum Gasteiger partial charge on any atom is 0.276 e. The van der Waals surface area contributed by atoms with Crippen LogP contribution in [0.5, 0.6) is 0 Å². The second kappa shape index (κ2) is 8.53. The Labute approximate surface area is 174 Å². The van der Waals surface area contributed by atoms with Crippen LogP contribution in [-0.4, -0.2) is 73.6 Å². The van der Waals surface area contributed by atoms with E-state index in [4.69, 9.17) is 4.52 Å². The molecule has 0 aliphatic carbocycles. The molecule has 2 aliphatic rings. The van der Waals surface area contributed by atoms with Gasteiger partial charge in [0.05, 0.1) is 31.0 Å². The molecular weight excluding hydrogens is 391 g/mol. The summed E-state index contributed by atoms with van der Waals surface area (Å²) in [6, 6.07) is -0.311. The molecule has 0 radical (unpaired) electrons. The summed E-state index contributed by atoms with van der Waals surface area (Å²) < 4.78 is 20.8. The van der Waals surface area contributed by atoms with Crippen LogP contribution in [0.1, 0.15) is 53.2 Å². The Hall–Kier alpha value is -2.78. The number of amides is 2. The zero-order chi connectivity index (χ0) is 21.3. The highest BCUT2D eigenvalue weighted by atomic mass is 19.1. The van der Waals surface area contributed by atoms with Crippen molar-refractivity contribution in [1.82, 2.24) is 30.0 Å². The second-order valence-corrected chi connectivity index (χ2v) is 8.16. The Kier molecular flexibility index (Phi) is 5.83. The van der Waals surface area contributed by atoms with Gasteiger partial charge in [-0.05, 0) is 33.1 Å². The summed E-state index contributed by atoms with van der Waals surface area (Å²) in [6.07, 6.45) is 3.58. The van der Waals surface area contributed by atoms with Crippen LogP contribution in [0.4, 0.5) is 4.39 Å². The van der Waals surface area contributed by atoms with E-state index in [2.05, 4.69) is 15.5 Å². The first-order valence-corrected chi connectivity index (χ1v) is 10.5. The fraction of sp³-hybridized carbons (Fsp3) is 0.650. The lowest BCUT2D eigenvalue weighted by Gasteiger charge is -2.24. The lowest BCUT2D eigenvalue weighted by Crippen LogP contribution is -2.38. The molecule has 2 aromatic rings. The van der Waals surface area contributed by atoms with Crippen LogP contribution in [0.25, 0.3) is 0 Å². The standard InChI is InChI=1S/C20H27FN6O3/c1-13-17(14(2)30-23-13)5-6-19(28)27-10-15(21)9-16(27)11-26-12-18(22-24-26)20(29)25-7-3-4-8-25/h12,15-16H,3-11H2,1-2H3/t15-,16-/m0/s1. The number of alkyl halides is 1. The minimum Gasteiger partial charge on any atom is -0.361 e. The van der Waals surface area contributed by atoms with E-state index in [9.17, 15) is 14.0 Å². The minimum absolute atomic E-state index is 0.0827. The lowest BCUT2D eigenvalue weighted by atomic mass is 10.1. The van der Waals surface area contributed by atoms with Crippen LogP contribution in [-0.2, 0) is 17.8 Å². The number of aromatic nitrogens is 4. The highest BCUT2D eigenvalue weighted by Crippen LogP contribution is 2.24. The molecule has 162 valence electrons. The number of carbonyl (C=O) groups excluding carboxylic acids is 2. The van der Waals surface area contributed by atoms with E-state index >= 15 is 0 Å². The SMILES string of the molecule is Cc1noc(C)c1CCC(=O)N1C[C@@H](F)C[C@H]1Cn1cc(C(=O)N2CCCC2)nn1. The molecule has 0 bridgehead atoms. The molecular formula is C20H27FN6O3. The normalized spacial score (nSPS) is 21.6. The Morgan fingerprint density at radius 1 is 1.27 bits per heavy atom. The highest BCUT2D eigenvalue weighted by molar-refractivity contribution is 5.92. The van der Waals surface area contributed by atoms with Gasteiger partial charge >= 0.3 is 0 Å². The minimum atomic E-state index is -1.06. The van der Waals surface area contributed by atoms with Crippen molar-refractivity contribution in [3.63, 3.8) is 0 Å². The van der Waals surface area contributed by atoms with Gasteiger partial charge in [-0.1, -0.05) is 10.4 Å². The van der Waals surface area contributed by atoms with Gasteiger partial charge in [0.15, 0.2) is 5.69 Å². The Morgan fingerprint density at radius 3 is 2.73 bits per heavy atom. The molecule has 2 atom stereocenters. The van der Waals surface area contributed by atoms with Crippen molar-refractivity contribution < 1.29 is 18.5 Å². The average Bonchev–Trinajstić information content (AvgIpc) is 3.50. The molecule has 4 heterocycles. The van der Waals surface area contributed by atoms with Crippen LogP contribution in [0, 0.1) is 13.8 Å². The van der Waals surface area contributed by atoms with Crippen LogP contribution in [0.2, 0.25) is 0 Å². The predicted molar refractivity (Wildman–Crippen MR) is 104 cm³/mol. The van der Waals surface area contributed by atoms with Gasteiger partial charge in [0.1, 0.15) is 11.9 Å². The van der Waals surface area contributed by atoms with E-state index in [1.54, 1.807) is 20.7 Å². The van der Waals surface area contributed by atoms with Gasteiger partial charge in [-0.2, -0.15) is 0 Å². The lowest BCUT2D eigenvalue weighted by molar-refractivity contribution is -0.132. The molecule has 2 aromatic heterocycles. The van der Waals surface area contributed by atoms with Crippen molar-refractivity contribution in [2.45, 2.75) is 64.7 Å². The molecule has 4 rings (SSSR count). The summed E-state index contributed by atoms with van der Waals surface area (Å²) >= 11 is 0. The first-order chi connectivity index (χ1) is 14.4. The first-order valence-electron chi connectivity index (χ1n) is 10.5. The van der Waals surface area contributed by atoms with Crippen molar-refractivity contribution in [3.8, 4) is 0 Å². The van der Waals surface area contributed by atoms with Crippen molar-refractivity contribution in [2.24, 2.45) is 0 Å². The monoisotopic (exact) mass is 418 g/mol. The summed E-state index contributed by atoms with van der Waals surface area (Å²) in [6.45, 7) is 5.55. The maximum absolute atomic E-state index is 14.1. The number of halogens is 1. The molecule has 0 spiro atoms. The first kappa shape index (κ1) is 20.5. The van der Waals surface area contributed by atoms with Gasteiger partial charge in [0.25, 0.3) is 5.91 Å². The third-order valence-electron chi connectivity index (χ3n) is 6.00. The van der Waals surface area contributed by atoms with Crippen LogP contribution < -0.4 is 0 Å². The summed E-state index contributed by atoms with van der Waals surface area (Å²) in [4.78, 5) is 28.6. The van der Waals surface area contributed by atoms with Gasteiger partial charge in [-0.25, -0.2) is 9.07 Å². The quantitative estimate of drug-likeness (QED) is 0.708. The molecule has 0 saturated carbocycles. The van der Waals surface area contributed by atoms with E-state index in [0.717, 1.165) is 37.2 Å². The number of carbonyl (C=O) groups is 2. The van der Waals surface area contributed by atoms with Crippen LogP contribution >= 0.6 is 0 Å². The molecule has 30 heavy (non-hydrogen) atoms. The molecule has 0 aromatic carbocycles. The van der Waals surface area contributed by atoms with E-state index < -0.39 is 6.17 Å². The topological polar surface area (TPSA) is 97.4 Å². The van der Waals surface area contributed by atoms with Gasteiger partial charge in [-0.3, -0.25) is 9.59 Å². The van der Waals surface area contributed by atoms with Crippen molar-refractivity contribution >= 4 is 11.8 Å². The largest absolute Gasteiger partial charge is 0.361 e. The number of rotatable bonds is 6. The number of likely N-dealkylation sites (tertiary alicyclic amines) is 2. The molecule has 9 nitrogen and oxygen atoms in total. The second-order valence-electron chi connectivity index (χ2n) is 8.16. The smallest absolute Gasteiger partial charge is 0.276 e. The van der Waals surface area contributed by atoms with E-state index in [1.165, 1.54) is 0 Å². The fourth-order valence-electron chi connectivity index (χ4n) is 4.36. The predicted octanol–water partition coefficient (Wildman–Crippen LogP) is 1.69. The summed E-state index contributed by atoms with van der Waals surface area (Å²) in [5, 5.41) is 11.9. The van der Waals surface area contributed by atoms with Crippen LogP contribution in [0.3, 0.4) is 0 Å². The molecule has 2 fully saturated rings. The number of hydrogen-bond acceptors (Lipinski definition) is 6. The summed E-state index contributed by atoms with van der Waals surface area (Å²) in [7, 11) is 0. The highest BCUT2D eigenvalue weighted by Gasteiger charge is 2.36. The summed E-state index contributed by atoms with van der Waals surface area (Å²) in [5.41, 5.74) is 2.00. The van der Waals surface area contributed by atoms with Gasteiger partial charge in [0.2, 0.25) is 5.91 Å². The van der Waals surface area contributed by atoms with E-state index in [-0.39, 0.29) is 37.2 Å². The number of nitrogens with zero attached hydrogens (tertiary/aromatic N) is 6. The van der Waals surface area contributed by atoms with Crippen molar-refractivity contribution in [2.75, 3.05) is 19.6 Å². The van der Waals surface area contributed by atoms with Gasteiger partial charge in [-0.15, -0.1) is 5.10 Å². The van der Waals surface area contributed by atoms with E-state index in [0.29, 0.717) is 24.4 Å². The molecule has 0 N–H and O–H groups in total. The molecule has 2 aliphatic heterocycles. The van der Waals surface area contributed by atoms with Gasteiger partial charge in [0, 0.05) is 31.5 Å². The molecule has 10 heteroatoms. The van der Waals surface area contributed by atoms with Crippen molar-refractivity contribution in [3.05, 3.63) is 28.9 Å². The van der Waals surface area contributed by atoms with Crippen molar-refractivity contribution in [1.29, 1.82) is 0 Å². The zero-order valence-electron chi connectivity index (χ0n) is 17.4. The van der Waals surface area contributed by atoms with Crippen LogP contribution in [0.15, 0.2) is 10.7 Å². The summed E-state index contributed by atoms with van der Waals surface area (Å²) in [5.74, 6) is 0.481.